The quantitative estimate of drug-likeness (QED) is 0.269. The normalized spacial score (nSPS) is 10.8. The number of ketones is 1. The number of thioether (sulfide) groups is 1. The smallest absolute Gasteiger partial charge is 0.192 e. The molecule has 0 saturated carbocycles. The van der Waals surface area contributed by atoms with Crippen molar-refractivity contribution in [2.24, 2.45) is 0 Å². The van der Waals surface area contributed by atoms with E-state index in [0.29, 0.717) is 18.2 Å². The zero-order chi connectivity index (χ0) is 21.7. The molecule has 0 aliphatic rings. The molecule has 1 aromatic carbocycles. The van der Waals surface area contributed by atoms with Gasteiger partial charge in [-0.05, 0) is 44.2 Å². The first-order chi connectivity index (χ1) is 14.5. The van der Waals surface area contributed by atoms with E-state index in [1.807, 2.05) is 54.8 Å². The highest BCUT2D eigenvalue weighted by atomic mass is 32.2. The third-order valence-electron chi connectivity index (χ3n) is 4.89. The molecule has 0 amide bonds. The summed E-state index contributed by atoms with van der Waals surface area (Å²) in [5.74, 6) is 1.87. The average Bonchev–Trinajstić information content (AvgIpc) is 3.28. The lowest BCUT2D eigenvalue weighted by Crippen LogP contribution is -2.07. The SMILES string of the molecule is C=CCn1c(SCC(=O)c2cc(C)n(CC=C)c2C)nnc1-c1ccc(OC)cc1. The maximum absolute atomic E-state index is 12.9. The molecule has 0 fully saturated rings. The van der Waals surface area contributed by atoms with Crippen molar-refractivity contribution in [3.05, 3.63) is 72.6 Å². The topological polar surface area (TPSA) is 61.9 Å². The van der Waals surface area contributed by atoms with Gasteiger partial charge in [0.2, 0.25) is 0 Å². The number of hydrogen-bond acceptors (Lipinski definition) is 5. The summed E-state index contributed by atoms with van der Waals surface area (Å²) in [6, 6.07) is 9.60. The second-order valence-electron chi connectivity index (χ2n) is 6.83. The van der Waals surface area contributed by atoms with Gasteiger partial charge in [0, 0.05) is 35.6 Å². The Hall–Kier alpha value is -3.06. The average molecular weight is 423 g/mol. The molecule has 6 nitrogen and oxygen atoms in total. The van der Waals surface area contributed by atoms with E-state index in [1.54, 1.807) is 13.2 Å². The highest BCUT2D eigenvalue weighted by Crippen LogP contribution is 2.27. The van der Waals surface area contributed by atoms with Crippen molar-refractivity contribution in [2.45, 2.75) is 32.1 Å². The van der Waals surface area contributed by atoms with Crippen LogP contribution in [0.5, 0.6) is 5.75 Å². The Kier molecular flexibility index (Phi) is 6.95. The number of rotatable bonds is 10. The van der Waals surface area contributed by atoms with Gasteiger partial charge in [-0.3, -0.25) is 9.36 Å². The fourth-order valence-corrected chi connectivity index (χ4v) is 4.18. The molecule has 0 radical (unpaired) electrons. The van der Waals surface area contributed by atoms with E-state index >= 15 is 0 Å². The maximum atomic E-state index is 12.9. The lowest BCUT2D eigenvalue weighted by Gasteiger charge is -2.08. The van der Waals surface area contributed by atoms with E-state index < -0.39 is 0 Å². The monoisotopic (exact) mass is 422 g/mol. The number of allylic oxidation sites excluding steroid dienone is 2. The van der Waals surface area contributed by atoms with Crippen LogP contribution in [0.15, 0.2) is 60.8 Å². The molecule has 0 atom stereocenters. The first-order valence-electron chi connectivity index (χ1n) is 9.62. The van der Waals surface area contributed by atoms with Gasteiger partial charge >= 0.3 is 0 Å². The second-order valence-corrected chi connectivity index (χ2v) is 7.77. The predicted octanol–water partition coefficient (Wildman–Crippen LogP) is 4.72. The molecule has 0 aliphatic heterocycles. The molecule has 0 saturated heterocycles. The number of aromatic nitrogens is 4. The zero-order valence-corrected chi connectivity index (χ0v) is 18.4. The van der Waals surface area contributed by atoms with Crippen LogP contribution in [0.25, 0.3) is 11.4 Å². The Labute approximate surface area is 181 Å². The standard InChI is InChI=1S/C23H26N4O2S/c1-6-12-26-16(3)14-20(17(26)4)21(28)15-30-23-25-24-22(27(23)13-7-2)18-8-10-19(29-5)11-9-18/h6-11,14H,1-2,12-13,15H2,3-5H3. The van der Waals surface area contributed by atoms with E-state index in [9.17, 15) is 4.79 Å². The molecule has 0 N–H and O–H groups in total. The Bertz CT molecular complexity index is 1060. The van der Waals surface area contributed by atoms with E-state index in [4.69, 9.17) is 4.74 Å². The molecule has 3 aromatic rings. The fourth-order valence-electron chi connectivity index (χ4n) is 3.34. The summed E-state index contributed by atoms with van der Waals surface area (Å²) in [7, 11) is 1.63. The van der Waals surface area contributed by atoms with Crippen LogP contribution in [-0.4, -0.2) is 38.0 Å². The van der Waals surface area contributed by atoms with Gasteiger partial charge in [0.15, 0.2) is 16.8 Å². The summed E-state index contributed by atoms with van der Waals surface area (Å²) in [6.45, 7) is 12.8. The van der Waals surface area contributed by atoms with Crippen LogP contribution >= 0.6 is 11.8 Å². The summed E-state index contributed by atoms with van der Waals surface area (Å²) in [4.78, 5) is 12.9. The van der Waals surface area contributed by atoms with Gasteiger partial charge in [0.1, 0.15) is 5.75 Å². The molecular formula is C23H26N4O2S. The molecule has 0 aliphatic carbocycles. The molecule has 0 spiro atoms. The molecule has 2 heterocycles. The largest absolute Gasteiger partial charge is 0.497 e. The Morgan fingerprint density at radius 1 is 1.10 bits per heavy atom. The van der Waals surface area contributed by atoms with Gasteiger partial charge < -0.3 is 9.30 Å². The number of hydrogen-bond donors (Lipinski definition) is 0. The van der Waals surface area contributed by atoms with Gasteiger partial charge in [-0.1, -0.05) is 23.9 Å². The van der Waals surface area contributed by atoms with Gasteiger partial charge in [-0.2, -0.15) is 0 Å². The summed E-state index contributed by atoms with van der Waals surface area (Å²) in [5, 5.41) is 9.36. The van der Waals surface area contributed by atoms with Gasteiger partial charge in [-0.15, -0.1) is 23.4 Å². The van der Waals surface area contributed by atoms with Crippen LogP contribution < -0.4 is 4.74 Å². The minimum Gasteiger partial charge on any atom is -0.497 e. The fraction of sp³-hybridized carbons (Fsp3) is 0.261. The van der Waals surface area contributed by atoms with Crippen molar-refractivity contribution in [3.63, 3.8) is 0 Å². The van der Waals surface area contributed by atoms with Crippen molar-refractivity contribution >= 4 is 17.5 Å². The minimum absolute atomic E-state index is 0.0718. The van der Waals surface area contributed by atoms with Gasteiger partial charge in [0.25, 0.3) is 0 Å². The van der Waals surface area contributed by atoms with E-state index in [0.717, 1.165) is 34.1 Å². The molecule has 3 rings (SSSR count). The number of ether oxygens (including phenoxy) is 1. The highest BCUT2D eigenvalue weighted by molar-refractivity contribution is 7.99. The van der Waals surface area contributed by atoms with E-state index in [2.05, 4.69) is 27.9 Å². The number of benzene rings is 1. The molecular weight excluding hydrogens is 396 g/mol. The molecule has 7 heteroatoms. The molecule has 0 bridgehead atoms. The number of carbonyl (C=O) groups is 1. The van der Waals surface area contributed by atoms with Crippen LogP contribution in [0.3, 0.4) is 0 Å². The van der Waals surface area contributed by atoms with Crippen LogP contribution in [0, 0.1) is 13.8 Å². The van der Waals surface area contributed by atoms with Crippen LogP contribution in [0.2, 0.25) is 0 Å². The first-order valence-corrected chi connectivity index (χ1v) is 10.6. The number of aryl methyl sites for hydroxylation is 1. The predicted molar refractivity (Wildman–Crippen MR) is 121 cm³/mol. The summed E-state index contributed by atoms with van der Waals surface area (Å²) in [5.41, 5.74) is 3.69. The van der Waals surface area contributed by atoms with Crippen LogP contribution in [-0.2, 0) is 13.1 Å². The highest BCUT2D eigenvalue weighted by Gasteiger charge is 2.18. The minimum atomic E-state index is 0.0718. The third kappa shape index (κ3) is 4.41. The summed E-state index contributed by atoms with van der Waals surface area (Å²) < 4.78 is 9.28. The van der Waals surface area contributed by atoms with Crippen molar-refractivity contribution in [3.8, 4) is 17.1 Å². The second kappa shape index (κ2) is 9.63. The Balaban J connectivity index is 1.80. The lowest BCUT2D eigenvalue weighted by atomic mass is 10.2. The molecule has 2 aromatic heterocycles. The van der Waals surface area contributed by atoms with E-state index in [1.165, 1.54) is 11.8 Å². The van der Waals surface area contributed by atoms with Crippen molar-refractivity contribution in [2.75, 3.05) is 12.9 Å². The lowest BCUT2D eigenvalue weighted by molar-refractivity contribution is 0.102. The number of nitrogens with zero attached hydrogens (tertiary/aromatic N) is 4. The van der Waals surface area contributed by atoms with Gasteiger partial charge in [0.05, 0.1) is 12.9 Å². The van der Waals surface area contributed by atoms with Crippen molar-refractivity contribution < 1.29 is 9.53 Å². The Morgan fingerprint density at radius 2 is 1.77 bits per heavy atom. The molecule has 156 valence electrons. The van der Waals surface area contributed by atoms with Crippen LogP contribution in [0.4, 0.5) is 0 Å². The third-order valence-corrected chi connectivity index (χ3v) is 5.86. The molecule has 30 heavy (non-hydrogen) atoms. The first kappa shape index (κ1) is 21.6. The summed E-state index contributed by atoms with van der Waals surface area (Å²) in [6.07, 6.45) is 3.63. The summed E-state index contributed by atoms with van der Waals surface area (Å²) >= 11 is 1.39. The van der Waals surface area contributed by atoms with Crippen LogP contribution in [0.1, 0.15) is 21.7 Å². The van der Waals surface area contributed by atoms with Gasteiger partial charge in [-0.25, -0.2) is 0 Å². The number of Topliss-reactive ketones (excluding diaryl/α,β-unsaturated/α-hetero) is 1. The molecule has 0 unspecified atom stereocenters. The zero-order valence-electron chi connectivity index (χ0n) is 17.6. The van der Waals surface area contributed by atoms with E-state index in [-0.39, 0.29) is 11.5 Å². The maximum Gasteiger partial charge on any atom is 0.192 e. The number of methoxy groups -OCH3 is 1. The van der Waals surface area contributed by atoms with Crippen molar-refractivity contribution in [1.82, 2.24) is 19.3 Å². The van der Waals surface area contributed by atoms with Crippen molar-refractivity contribution in [1.29, 1.82) is 0 Å². The number of carbonyl (C=O) groups excluding carboxylic acids is 1. The Morgan fingerprint density at radius 3 is 2.40 bits per heavy atom.